The first-order chi connectivity index (χ1) is 9.95. The van der Waals surface area contributed by atoms with Gasteiger partial charge in [-0.2, -0.15) is 0 Å². The number of hydrogen-bond donors (Lipinski definition) is 1. The minimum Gasteiger partial charge on any atom is -0.393 e. The molecule has 4 aliphatic carbocycles. The Morgan fingerprint density at radius 1 is 1.00 bits per heavy atom. The third-order valence-corrected chi connectivity index (χ3v) is 8.35. The summed E-state index contributed by atoms with van der Waals surface area (Å²) in [5, 5.41) is 10.0. The predicted molar refractivity (Wildman–Crippen MR) is 82.7 cm³/mol. The lowest BCUT2D eigenvalue weighted by Crippen LogP contribution is -2.54. The molecule has 0 saturated heterocycles. The van der Waals surface area contributed by atoms with Crippen molar-refractivity contribution in [3.63, 3.8) is 0 Å². The largest absolute Gasteiger partial charge is 0.393 e. The molecule has 2 nitrogen and oxygen atoms in total. The summed E-state index contributed by atoms with van der Waals surface area (Å²) >= 11 is 0. The van der Waals surface area contributed by atoms with E-state index in [9.17, 15) is 9.90 Å². The molecule has 0 heterocycles. The predicted octanol–water partition coefficient (Wildman–Crippen LogP) is 3.96. The van der Waals surface area contributed by atoms with Gasteiger partial charge in [0.1, 0.15) is 5.78 Å². The van der Waals surface area contributed by atoms with Crippen LogP contribution in [0.2, 0.25) is 0 Å². The van der Waals surface area contributed by atoms with Crippen molar-refractivity contribution >= 4 is 5.78 Å². The minimum absolute atomic E-state index is 0.0124. The Morgan fingerprint density at radius 2 is 1.81 bits per heavy atom. The van der Waals surface area contributed by atoms with Crippen LogP contribution in [0.15, 0.2) is 0 Å². The number of ketones is 1. The summed E-state index contributed by atoms with van der Waals surface area (Å²) in [7, 11) is 0. The van der Waals surface area contributed by atoms with Gasteiger partial charge in [-0.3, -0.25) is 4.79 Å². The second-order valence-electron chi connectivity index (χ2n) is 9.00. The lowest BCUT2D eigenvalue weighted by molar-refractivity contribution is -0.142. The van der Waals surface area contributed by atoms with Crippen LogP contribution in [0.3, 0.4) is 0 Å². The van der Waals surface area contributed by atoms with Gasteiger partial charge >= 0.3 is 0 Å². The van der Waals surface area contributed by atoms with Crippen LogP contribution < -0.4 is 0 Å². The summed E-state index contributed by atoms with van der Waals surface area (Å²) in [5.74, 6) is 3.54. The molecule has 4 rings (SSSR count). The van der Waals surface area contributed by atoms with Crippen LogP contribution in [0, 0.1) is 34.5 Å². The van der Waals surface area contributed by atoms with Crippen molar-refractivity contribution in [3.8, 4) is 0 Å². The molecule has 5 unspecified atom stereocenters. The number of carbonyl (C=O) groups is 1. The second-order valence-corrected chi connectivity index (χ2v) is 9.00. The van der Waals surface area contributed by atoms with Gasteiger partial charge in [0, 0.05) is 11.8 Å². The van der Waals surface area contributed by atoms with E-state index in [-0.39, 0.29) is 11.5 Å². The SMILES string of the molecule is CC12CCC3C(CCC4C[C@@H](O)CC[C@@]43C)C1CCC2=O. The summed E-state index contributed by atoms with van der Waals surface area (Å²) in [6.45, 7) is 4.78. The molecule has 1 N–H and O–H groups in total. The number of aliphatic hydroxyl groups excluding tert-OH is 1. The maximum atomic E-state index is 12.4. The monoisotopic (exact) mass is 290 g/mol. The van der Waals surface area contributed by atoms with Crippen LogP contribution >= 0.6 is 0 Å². The van der Waals surface area contributed by atoms with Crippen molar-refractivity contribution in [2.45, 2.75) is 77.7 Å². The zero-order chi connectivity index (χ0) is 14.8. The molecule has 2 heteroatoms. The molecule has 118 valence electrons. The van der Waals surface area contributed by atoms with E-state index >= 15 is 0 Å². The Bertz CT molecular complexity index is 458. The fourth-order valence-corrected chi connectivity index (χ4v) is 7.01. The van der Waals surface area contributed by atoms with E-state index in [1.165, 1.54) is 25.7 Å². The van der Waals surface area contributed by atoms with Crippen molar-refractivity contribution in [2.75, 3.05) is 0 Å². The maximum Gasteiger partial charge on any atom is 0.139 e. The number of rotatable bonds is 0. The van der Waals surface area contributed by atoms with Crippen molar-refractivity contribution in [2.24, 2.45) is 34.5 Å². The van der Waals surface area contributed by atoms with Gasteiger partial charge in [0.25, 0.3) is 0 Å². The molecule has 0 aromatic carbocycles. The van der Waals surface area contributed by atoms with Gasteiger partial charge in [-0.25, -0.2) is 0 Å². The molecular formula is C19H30O2. The molecule has 0 aromatic heterocycles. The number of hydrogen-bond acceptors (Lipinski definition) is 2. The highest BCUT2D eigenvalue weighted by Crippen LogP contribution is 2.65. The van der Waals surface area contributed by atoms with Crippen LogP contribution in [-0.4, -0.2) is 17.0 Å². The van der Waals surface area contributed by atoms with E-state index in [0.29, 0.717) is 17.1 Å². The first-order valence-corrected chi connectivity index (χ1v) is 9.16. The third-order valence-electron chi connectivity index (χ3n) is 8.35. The molecule has 0 bridgehead atoms. The van der Waals surface area contributed by atoms with Gasteiger partial charge in [-0.05, 0) is 80.5 Å². The molecule has 21 heavy (non-hydrogen) atoms. The lowest BCUT2D eigenvalue weighted by Gasteiger charge is -2.60. The van der Waals surface area contributed by atoms with E-state index < -0.39 is 0 Å². The van der Waals surface area contributed by atoms with Crippen LogP contribution in [0.1, 0.15) is 71.6 Å². The van der Waals surface area contributed by atoms with E-state index in [4.69, 9.17) is 0 Å². The highest BCUT2D eigenvalue weighted by molar-refractivity contribution is 5.87. The zero-order valence-electron chi connectivity index (χ0n) is 13.6. The number of fused-ring (bicyclic) bond motifs is 5. The molecule has 0 radical (unpaired) electrons. The van der Waals surface area contributed by atoms with Gasteiger partial charge in [0.2, 0.25) is 0 Å². The van der Waals surface area contributed by atoms with Gasteiger partial charge in [0.15, 0.2) is 0 Å². The number of Topliss-reactive ketones (excluding diaryl/α,β-unsaturated/α-hetero) is 1. The molecule has 0 aromatic rings. The molecule has 4 fully saturated rings. The Balaban J connectivity index is 1.64. The van der Waals surface area contributed by atoms with Crippen LogP contribution in [0.5, 0.6) is 0 Å². The molecule has 7 atom stereocenters. The topological polar surface area (TPSA) is 37.3 Å². The molecule has 4 aliphatic rings. The van der Waals surface area contributed by atoms with Gasteiger partial charge < -0.3 is 5.11 Å². The summed E-state index contributed by atoms with van der Waals surface area (Å²) < 4.78 is 0. The summed E-state index contributed by atoms with van der Waals surface area (Å²) in [6, 6.07) is 0. The smallest absolute Gasteiger partial charge is 0.139 e. The van der Waals surface area contributed by atoms with Crippen molar-refractivity contribution in [3.05, 3.63) is 0 Å². The molecule has 4 saturated carbocycles. The Morgan fingerprint density at radius 3 is 2.62 bits per heavy atom. The Kier molecular flexibility index (Phi) is 3.10. The van der Waals surface area contributed by atoms with Gasteiger partial charge in [0.05, 0.1) is 6.10 Å². The van der Waals surface area contributed by atoms with Gasteiger partial charge in [-0.15, -0.1) is 0 Å². The Labute approximate surface area is 128 Å². The summed E-state index contributed by atoms with van der Waals surface area (Å²) in [5.41, 5.74) is 0.452. The molecule has 0 spiro atoms. The number of carbonyl (C=O) groups excluding carboxylic acids is 1. The van der Waals surface area contributed by atoms with Crippen molar-refractivity contribution in [1.82, 2.24) is 0 Å². The minimum atomic E-state index is -0.0541. The normalized spacial score (nSPS) is 56.5. The molecule has 0 amide bonds. The molecular weight excluding hydrogens is 260 g/mol. The average Bonchev–Trinajstić information content (AvgIpc) is 2.76. The summed E-state index contributed by atoms with van der Waals surface area (Å²) in [4.78, 5) is 12.4. The molecule has 0 aliphatic heterocycles. The van der Waals surface area contributed by atoms with Crippen LogP contribution in [0.25, 0.3) is 0 Å². The third kappa shape index (κ3) is 1.84. The number of aliphatic hydroxyl groups is 1. The van der Waals surface area contributed by atoms with Gasteiger partial charge in [-0.1, -0.05) is 13.8 Å². The van der Waals surface area contributed by atoms with E-state index in [1.54, 1.807) is 0 Å². The van der Waals surface area contributed by atoms with Crippen molar-refractivity contribution in [1.29, 1.82) is 0 Å². The van der Waals surface area contributed by atoms with E-state index in [1.807, 2.05) is 0 Å². The quantitative estimate of drug-likeness (QED) is 0.733. The second kappa shape index (κ2) is 4.57. The van der Waals surface area contributed by atoms with Crippen LogP contribution in [0.4, 0.5) is 0 Å². The zero-order valence-corrected chi connectivity index (χ0v) is 13.6. The first kappa shape index (κ1) is 14.2. The van der Waals surface area contributed by atoms with Crippen LogP contribution in [-0.2, 0) is 4.79 Å². The standard InChI is InChI=1S/C19H30O2/c1-18-9-7-13(20)11-12(18)3-4-14-15-5-6-17(21)19(15,2)10-8-16(14)18/h12-16,20H,3-11H2,1-2H3/t12?,13-,14?,15?,16?,18-,19?/m0/s1. The lowest BCUT2D eigenvalue weighted by atomic mass is 9.45. The fourth-order valence-electron chi connectivity index (χ4n) is 7.01. The highest BCUT2D eigenvalue weighted by Gasteiger charge is 2.60. The van der Waals surface area contributed by atoms with E-state index in [0.717, 1.165) is 49.9 Å². The Hall–Kier alpha value is -0.370. The van der Waals surface area contributed by atoms with E-state index in [2.05, 4.69) is 13.8 Å². The average molecular weight is 290 g/mol. The van der Waals surface area contributed by atoms with Crippen molar-refractivity contribution < 1.29 is 9.90 Å². The fraction of sp³-hybridized carbons (Fsp3) is 0.947. The highest BCUT2D eigenvalue weighted by atomic mass is 16.3. The first-order valence-electron chi connectivity index (χ1n) is 9.16. The summed E-state index contributed by atoms with van der Waals surface area (Å²) in [6.07, 6.45) is 10.1. The maximum absolute atomic E-state index is 12.4.